The van der Waals surface area contributed by atoms with Gasteiger partial charge in [0, 0.05) is 0 Å². The molecule has 2 unspecified atom stereocenters. The van der Waals surface area contributed by atoms with Crippen molar-refractivity contribution >= 4 is 8.32 Å². The van der Waals surface area contributed by atoms with Gasteiger partial charge < -0.3 is 10.2 Å². The van der Waals surface area contributed by atoms with Crippen molar-refractivity contribution in [3.05, 3.63) is 53.9 Å². The second-order valence-electron chi connectivity index (χ2n) is 7.61. The number of hydrogen-bond acceptors (Lipinski definition) is 2. The Morgan fingerprint density at radius 2 is 1.74 bits per heavy atom. The van der Waals surface area contributed by atoms with Crippen molar-refractivity contribution in [3.63, 3.8) is 0 Å². The molecule has 2 nitrogen and oxygen atoms in total. The van der Waals surface area contributed by atoms with Crippen molar-refractivity contribution in [3.8, 4) is 5.75 Å². The molecule has 0 saturated carbocycles. The number of nitrogens with two attached hydrogens (primary N) is 1. The first-order valence-electron chi connectivity index (χ1n) is 7.75. The standard InChI is InChI=1S/C18H25F2NOSi/c1-17(2,3)23(4,5)22-15-8-6-13(7-9-15)18(21)11-10-14(19)12-16(18)20/h6-12,16H,21H2,1-5H3. The summed E-state index contributed by atoms with van der Waals surface area (Å²) < 4.78 is 33.5. The molecule has 0 fully saturated rings. The summed E-state index contributed by atoms with van der Waals surface area (Å²) in [6, 6.07) is 7.10. The molecule has 2 atom stereocenters. The van der Waals surface area contributed by atoms with E-state index < -0.39 is 25.9 Å². The van der Waals surface area contributed by atoms with Crippen LogP contribution >= 0.6 is 0 Å². The fourth-order valence-electron chi connectivity index (χ4n) is 2.16. The molecule has 0 aliphatic heterocycles. The first-order valence-corrected chi connectivity index (χ1v) is 10.7. The molecule has 0 radical (unpaired) electrons. The number of benzene rings is 1. The predicted molar refractivity (Wildman–Crippen MR) is 93.4 cm³/mol. The van der Waals surface area contributed by atoms with Crippen LogP contribution in [0.1, 0.15) is 26.3 Å². The maximum atomic E-state index is 14.2. The van der Waals surface area contributed by atoms with Crippen LogP contribution in [0.3, 0.4) is 0 Å². The highest BCUT2D eigenvalue weighted by Crippen LogP contribution is 2.38. The number of hydrogen-bond donors (Lipinski definition) is 1. The Morgan fingerprint density at radius 1 is 1.17 bits per heavy atom. The summed E-state index contributed by atoms with van der Waals surface area (Å²) in [6.07, 6.45) is 1.88. The van der Waals surface area contributed by atoms with Crippen molar-refractivity contribution < 1.29 is 13.2 Å². The highest BCUT2D eigenvalue weighted by molar-refractivity contribution is 6.74. The van der Waals surface area contributed by atoms with Crippen molar-refractivity contribution in [1.29, 1.82) is 0 Å². The molecule has 2 N–H and O–H groups in total. The third-order valence-electron chi connectivity index (χ3n) is 4.81. The van der Waals surface area contributed by atoms with Crippen LogP contribution in [-0.4, -0.2) is 14.5 Å². The van der Waals surface area contributed by atoms with E-state index in [4.69, 9.17) is 10.2 Å². The molecule has 0 bridgehead atoms. The lowest BCUT2D eigenvalue weighted by Crippen LogP contribution is -2.45. The fourth-order valence-corrected chi connectivity index (χ4v) is 3.19. The SMILES string of the molecule is CC(C)(C)[Si](C)(C)Oc1ccc(C2(N)C=CC(F)=CC2F)cc1. The van der Waals surface area contributed by atoms with Crippen LogP contribution in [0.4, 0.5) is 8.78 Å². The van der Waals surface area contributed by atoms with Crippen LogP contribution in [-0.2, 0) is 5.54 Å². The lowest BCUT2D eigenvalue weighted by molar-refractivity contribution is 0.275. The highest BCUT2D eigenvalue weighted by Gasteiger charge is 2.39. The van der Waals surface area contributed by atoms with Crippen molar-refractivity contribution in [1.82, 2.24) is 0 Å². The van der Waals surface area contributed by atoms with E-state index in [9.17, 15) is 8.78 Å². The Morgan fingerprint density at radius 3 is 2.22 bits per heavy atom. The van der Waals surface area contributed by atoms with Gasteiger partial charge in [0.1, 0.15) is 17.7 Å². The van der Waals surface area contributed by atoms with Gasteiger partial charge in [-0.1, -0.05) is 39.0 Å². The first kappa shape index (κ1) is 17.9. The summed E-state index contributed by atoms with van der Waals surface area (Å²) in [5.41, 5.74) is 5.38. The van der Waals surface area contributed by atoms with E-state index in [1.807, 2.05) is 0 Å². The molecule has 23 heavy (non-hydrogen) atoms. The smallest absolute Gasteiger partial charge is 0.250 e. The van der Waals surface area contributed by atoms with Gasteiger partial charge in [0.05, 0.1) is 5.54 Å². The second-order valence-corrected chi connectivity index (χ2v) is 12.3. The fraction of sp³-hybridized carbons (Fsp3) is 0.444. The average Bonchev–Trinajstić information content (AvgIpc) is 2.42. The van der Waals surface area contributed by atoms with Gasteiger partial charge in [0.25, 0.3) is 0 Å². The highest BCUT2D eigenvalue weighted by atomic mass is 28.4. The number of allylic oxidation sites excluding steroid dienone is 2. The molecule has 1 aromatic rings. The summed E-state index contributed by atoms with van der Waals surface area (Å²) >= 11 is 0. The maximum absolute atomic E-state index is 14.2. The zero-order valence-corrected chi connectivity index (χ0v) is 15.4. The van der Waals surface area contributed by atoms with Crippen molar-refractivity contribution in [2.24, 2.45) is 5.73 Å². The normalized spacial score (nSPS) is 25.2. The van der Waals surface area contributed by atoms with Crippen LogP contribution in [0.2, 0.25) is 18.1 Å². The van der Waals surface area contributed by atoms with Gasteiger partial charge in [-0.3, -0.25) is 0 Å². The van der Waals surface area contributed by atoms with E-state index >= 15 is 0 Å². The average molecular weight is 337 g/mol. The summed E-state index contributed by atoms with van der Waals surface area (Å²) in [7, 11) is -1.92. The van der Waals surface area contributed by atoms with Gasteiger partial charge in [0.15, 0.2) is 0 Å². The number of rotatable bonds is 3. The second kappa shape index (κ2) is 5.87. The molecule has 0 aromatic heterocycles. The van der Waals surface area contributed by atoms with Crippen LogP contribution in [0, 0.1) is 0 Å². The molecule has 1 aliphatic rings. The van der Waals surface area contributed by atoms with E-state index in [-0.39, 0.29) is 5.04 Å². The van der Waals surface area contributed by atoms with Crippen molar-refractivity contribution in [2.45, 2.75) is 50.6 Å². The molecular weight excluding hydrogens is 312 g/mol. The summed E-state index contributed by atoms with van der Waals surface area (Å²) in [5, 5.41) is 0.0965. The zero-order chi connectivity index (χ0) is 17.5. The molecule has 2 rings (SSSR count). The molecule has 0 amide bonds. The number of alkyl halides is 1. The largest absolute Gasteiger partial charge is 0.544 e. The van der Waals surface area contributed by atoms with Gasteiger partial charge in [-0.2, -0.15) is 0 Å². The van der Waals surface area contributed by atoms with Gasteiger partial charge in [-0.05, 0) is 48.0 Å². The topological polar surface area (TPSA) is 35.2 Å². The van der Waals surface area contributed by atoms with Crippen molar-refractivity contribution in [2.75, 3.05) is 0 Å². The van der Waals surface area contributed by atoms with E-state index in [0.717, 1.165) is 11.8 Å². The Balaban J connectivity index is 2.23. The molecule has 0 heterocycles. The molecule has 5 heteroatoms. The van der Waals surface area contributed by atoms with Gasteiger partial charge in [-0.15, -0.1) is 0 Å². The van der Waals surface area contributed by atoms with Crippen LogP contribution in [0.25, 0.3) is 0 Å². The Labute approximate surface area is 138 Å². The summed E-state index contributed by atoms with van der Waals surface area (Å²) in [5.74, 6) is 0.150. The molecular formula is C18H25F2NOSi. The Hall–Kier alpha value is -1.46. The van der Waals surface area contributed by atoms with E-state index in [2.05, 4.69) is 33.9 Å². The van der Waals surface area contributed by atoms with E-state index in [1.54, 1.807) is 24.3 Å². The molecule has 1 aromatic carbocycles. The minimum atomic E-state index is -1.92. The van der Waals surface area contributed by atoms with E-state index in [1.165, 1.54) is 12.2 Å². The summed E-state index contributed by atoms with van der Waals surface area (Å²) in [6.45, 7) is 10.8. The van der Waals surface area contributed by atoms with Crippen LogP contribution < -0.4 is 10.2 Å². The molecule has 0 saturated heterocycles. The molecule has 126 valence electrons. The van der Waals surface area contributed by atoms with Crippen LogP contribution in [0.5, 0.6) is 5.75 Å². The van der Waals surface area contributed by atoms with Gasteiger partial charge in [0.2, 0.25) is 8.32 Å². The predicted octanol–water partition coefficient (Wildman–Crippen LogP) is 4.99. The third kappa shape index (κ3) is 3.56. The first-order chi connectivity index (χ1) is 10.5. The Kier molecular flexibility index (Phi) is 4.57. The maximum Gasteiger partial charge on any atom is 0.250 e. The lowest BCUT2D eigenvalue weighted by Gasteiger charge is -2.36. The van der Waals surface area contributed by atoms with Crippen LogP contribution in [0.15, 0.2) is 48.3 Å². The minimum Gasteiger partial charge on any atom is -0.544 e. The monoisotopic (exact) mass is 337 g/mol. The Bertz CT molecular complexity index is 631. The summed E-state index contributed by atoms with van der Waals surface area (Å²) in [4.78, 5) is 0. The van der Waals surface area contributed by atoms with Gasteiger partial charge in [-0.25, -0.2) is 8.78 Å². The van der Waals surface area contributed by atoms with Gasteiger partial charge >= 0.3 is 0 Å². The number of halogens is 2. The zero-order valence-electron chi connectivity index (χ0n) is 14.4. The molecule has 0 spiro atoms. The van der Waals surface area contributed by atoms with E-state index in [0.29, 0.717) is 5.56 Å². The minimum absolute atomic E-state index is 0.0965. The molecule has 1 aliphatic carbocycles. The third-order valence-corrected chi connectivity index (χ3v) is 9.17. The lowest BCUT2D eigenvalue weighted by atomic mass is 9.83. The quantitative estimate of drug-likeness (QED) is 0.789.